The highest BCUT2D eigenvalue weighted by Crippen LogP contribution is 2.62. The highest BCUT2D eigenvalue weighted by molar-refractivity contribution is 6.09. The van der Waals surface area contributed by atoms with E-state index in [0.717, 1.165) is 11.2 Å². The fraction of sp³-hybridized carbons (Fsp3) is 0.143. The van der Waals surface area contributed by atoms with Gasteiger partial charge in [0.2, 0.25) is 0 Å². The van der Waals surface area contributed by atoms with Gasteiger partial charge in [0.25, 0.3) is 0 Å². The molecule has 2 aliphatic carbocycles. The Bertz CT molecular complexity index is 1880. The molecule has 0 fully saturated rings. The number of nitrogens with zero attached hydrogens (tertiary/aromatic N) is 2. The molecule has 4 aromatic carbocycles. The molecule has 0 unspecified atom stereocenters. The molecule has 0 atom stereocenters. The molecule has 2 aromatic heterocycles. The third-order valence-electron chi connectivity index (χ3n) is 8.50. The lowest BCUT2D eigenvalue weighted by Crippen LogP contribution is -2.33. The Labute approximate surface area is 216 Å². The first-order valence-corrected chi connectivity index (χ1v) is 13.0. The molecule has 6 aromatic rings. The van der Waals surface area contributed by atoms with Crippen LogP contribution in [0.3, 0.4) is 0 Å². The van der Waals surface area contributed by atoms with Crippen LogP contribution in [0.25, 0.3) is 44.1 Å². The number of hydrogen-bond donors (Lipinski definition) is 0. The second-order valence-corrected chi connectivity index (χ2v) is 11.4. The van der Waals surface area contributed by atoms with Crippen LogP contribution in [0.1, 0.15) is 48.6 Å². The van der Waals surface area contributed by atoms with Gasteiger partial charge in [0.05, 0.1) is 16.6 Å². The molecule has 1 spiro atoms. The average Bonchev–Trinajstić information content (AvgIpc) is 3.21. The zero-order valence-corrected chi connectivity index (χ0v) is 21.2. The van der Waals surface area contributed by atoms with Crippen molar-refractivity contribution < 1.29 is 0 Å². The first kappa shape index (κ1) is 20.8. The third kappa shape index (κ3) is 2.50. The summed E-state index contributed by atoms with van der Waals surface area (Å²) in [7, 11) is 0. The predicted octanol–water partition coefficient (Wildman–Crippen LogP) is 8.42. The van der Waals surface area contributed by atoms with Crippen molar-refractivity contribution in [1.82, 2.24) is 9.97 Å². The minimum Gasteiger partial charge on any atom is -0.256 e. The van der Waals surface area contributed by atoms with Crippen molar-refractivity contribution in [3.63, 3.8) is 0 Å². The summed E-state index contributed by atoms with van der Waals surface area (Å²) in [6.45, 7) is 6.92. The third-order valence-corrected chi connectivity index (χ3v) is 8.50. The van der Waals surface area contributed by atoms with Crippen LogP contribution in [-0.4, -0.2) is 9.97 Å². The maximum Gasteiger partial charge on any atom is 0.0787 e. The Balaban J connectivity index is 1.71. The molecule has 37 heavy (non-hydrogen) atoms. The number of rotatable bonds is 0. The van der Waals surface area contributed by atoms with Crippen LogP contribution in [0.4, 0.5) is 0 Å². The quantitative estimate of drug-likeness (QED) is 0.220. The van der Waals surface area contributed by atoms with E-state index >= 15 is 0 Å². The Morgan fingerprint density at radius 1 is 0.622 bits per heavy atom. The first-order chi connectivity index (χ1) is 18.0. The molecule has 0 bridgehead atoms. The highest BCUT2D eigenvalue weighted by Gasteiger charge is 2.51. The van der Waals surface area contributed by atoms with Crippen LogP contribution in [-0.2, 0) is 10.8 Å². The normalized spacial score (nSPS) is 14.6. The number of hydrogen-bond acceptors (Lipinski definition) is 2. The molecule has 0 aliphatic heterocycles. The van der Waals surface area contributed by atoms with E-state index in [1.165, 1.54) is 60.7 Å². The highest BCUT2D eigenvalue weighted by atomic mass is 14.7. The Kier molecular flexibility index (Phi) is 3.90. The van der Waals surface area contributed by atoms with E-state index in [1.54, 1.807) is 0 Å². The van der Waals surface area contributed by atoms with Gasteiger partial charge in [-0.05, 0) is 67.9 Å². The summed E-state index contributed by atoms with van der Waals surface area (Å²) in [6, 6.07) is 33.7. The molecule has 0 saturated heterocycles. The van der Waals surface area contributed by atoms with Gasteiger partial charge < -0.3 is 0 Å². The Morgan fingerprint density at radius 3 is 2.08 bits per heavy atom. The zero-order chi connectivity index (χ0) is 24.9. The lowest BCUT2D eigenvalue weighted by atomic mass is 9.60. The summed E-state index contributed by atoms with van der Waals surface area (Å²) in [4.78, 5) is 9.82. The van der Waals surface area contributed by atoms with Crippen LogP contribution in [0.15, 0.2) is 103 Å². The molecule has 2 aliphatic rings. The number of benzene rings is 4. The molecular weight excluding hydrogens is 448 g/mol. The number of aromatic nitrogens is 2. The minimum atomic E-state index is -0.458. The largest absolute Gasteiger partial charge is 0.256 e. The van der Waals surface area contributed by atoms with Crippen LogP contribution < -0.4 is 0 Å². The van der Waals surface area contributed by atoms with E-state index in [1.807, 2.05) is 12.4 Å². The predicted molar refractivity (Wildman–Crippen MR) is 152 cm³/mol. The second kappa shape index (κ2) is 6.92. The lowest BCUT2D eigenvalue weighted by Gasteiger charge is -2.41. The van der Waals surface area contributed by atoms with E-state index in [4.69, 9.17) is 9.97 Å². The van der Waals surface area contributed by atoms with Crippen molar-refractivity contribution in [3.8, 4) is 22.4 Å². The zero-order valence-electron chi connectivity index (χ0n) is 21.2. The van der Waals surface area contributed by atoms with Crippen molar-refractivity contribution in [3.05, 3.63) is 131 Å². The maximum absolute atomic E-state index is 5.02. The van der Waals surface area contributed by atoms with Gasteiger partial charge >= 0.3 is 0 Å². The van der Waals surface area contributed by atoms with Gasteiger partial charge in [0.1, 0.15) is 0 Å². The van der Waals surface area contributed by atoms with Crippen LogP contribution in [0, 0.1) is 0 Å². The van der Waals surface area contributed by atoms with Gasteiger partial charge in [-0.1, -0.05) is 93.6 Å². The fourth-order valence-electron chi connectivity index (χ4n) is 6.93. The first-order valence-electron chi connectivity index (χ1n) is 13.0. The molecule has 0 radical (unpaired) electrons. The van der Waals surface area contributed by atoms with Gasteiger partial charge in [-0.25, -0.2) is 0 Å². The Hall–Kier alpha value is -4.30. The monoisotopic (exact) mass is 474 g/mol. The number of fused-ring (bicyclic) bond motifs is 11. The van der Waals surface area contributed by atoms with E-state index in [9.17, 15) is 0 Å². The Morgan fingerprint density at radius 2 is 1.35 bits per heavy atom. The summed E-state index contributed by atoms with van der Waals surface area (Å²) >= 11 is 0. The molecule has 0 saturated carbocycles. The fourth-order valence-corrected chi connectivity index (χ4v) is 6.93. The summed E-state index contributed by atoms with van der Waals surface area (Å²) in [5, 5.41) is 3.71. The van der Waals surface area contributed by atoms with E-state index in [0.29, 0.717) is 0 Å². The molecule has 2 heteroatoms. The number of pyridine rings is 2. The minimum absolute atomic E-state index is 0.00748. The molecule has 2 nitrogen and oxygen atoms in total. The van der Waals surface area contributed by atoms with E-state index in [-0.39, 0.29) is 5.41 Å². The van der Waals surface area contributed by atoms with Crippen molar-refractivity contribution in [1.29, 1.82) is 0 Å². The lowest BCUT2D eigenvalue weighted by molar-refractivity contribution is 0.588. The van der Waals surface area contributed by atoms with Gasteiger partial charge in [-0.2, -0.15) is 0 Å². The molecule has 0 N–H and O–H groups in total. The summed E-state index contributed by atoms with van der Waals surface area (Å²) in [6.07, 6.45) is 3.87. The van der Waals surface area contributed by atoms with Crippen molar-refractivity contribution in [2.24, 2.45) is 0 Å². The summed E-state index contributed by atoms with van der Waals surface area (Å²) < 4.78 is 0. The molecule has 2 heterocycles. The van der Waals surface area contributed by atoms with Crippen molar-refractivity contribution in [2.45, 2.75) is 31.6 Å². The topological polar surface area (TPSA) is 25.8 Å². The van der Waals surface area contributed by atoms with Gasteiger partial charge in [-0.15, -0.1) is 0 Å². The average molecular weight is 475 g/mol. The van der Waals surface area contributed by atoms with E-state index < -0.39 is 5.41 Å². The van der Waals surface area contributed by atoms with E-state index in [2.05, 4.69) is 112 Å². The van der Waals surface area contributed by atoms with Crippen molar-refractivity contribution >= 4 is 21.7 Å². The summed E-state index contributed by atoms with van der Waals surface area (Å²) in [5.74, 6) is 0. The van der Waals surface area contributed by atoms with Gasteiger partial charge in [0, 0.05) is 28.7 Å². The van der Waals surface area contributed by atoms with Gasteiger partial charge in [-0.3, -0.25) is 9.97 Å². The SMILES string of the molecule is CC(C)(C)c1cc2c3c(nccc3c1)-c1ccc3ncccc3c1C21c2ccccc2-c2ccccc21. The molecule has 176 valence electrons. The van der Waals surface area contributed by atoms with Crippen LogP contribution in [0.2, 0.25) is 0 Å². The molecule has 8 rings (SSSR count). The van der Waals surface area contributed by atoms with Crippen molar-refractivity contribution in [2.75, 3.05) is 0 Å². The standard InChI is InChI=1S/C35H26N2/c1-34(2,3)22-19-21-16-18-37-33-26-14-15-30-25(11-8-17-36-30)32(26)35(29(20-22)31(21)33)27-12-6-4-9-23(27)24-10-5-7-13-28(24)35/h4-20H,1-3H3. The maximum atomic E-state index is 5.02. The summed E-state index contributed by atoms with van der Waals surface area (Å²) in [5.41, 5.74) is 12.1. The van der Waals surface area contributed by atoms with Crippen LogP contribution >= 0.6 is 0 Å². The smallest absolute Gasteiger partial charge is 0.0787 e. The van der Waals surface area contributed by atoms with Gasteiger partial charge in [0.15, 0.2) is 0 Å². The second-order valence-electron chi connectivity index (χ2n) is 11.4. The molecular formula is C35H26N2. The van der Waals surface area contributed by atoms with Crippen LogP contribution in [0.5, 0.6) is 0 Å². The molecule has 0 amide bonds.